The topological polar surface area (TPSA) is 96.2 Å². The number of benzene rings is 2. The molecule has 0 bridgehead atoms. The smallest absolute Gasteiger partial charge is 0.406 e. The number of halogens is 3. The molecule has 1 saturated carbocycles. The maximum atomic E-state index is 12.8. The van der Waals surface area contributed by atoms with Gasteiger partial charge in [0.05, 0.1) is 16.8 Å². The molecule has 3 aromatic rings. The van der Waals surface area contributed by atoms with Crippen molar-refractivity contribution in [3.05, 3.63) is 48.0 Å². The second kappa shape index (κ2) is 8.85. The summed E-state index contributed by atoms with van der Waals surface area (Å²) in [5, 5.41) is 10.4. The molecule has 2 aromatic carbocycles. The van der Waals surface area contributed by atoms with Crippen molar-refractivity contribution in [2.45, 2.75) is 45.6 Å². The number of rotatable bonds is 8. The lowest BCUT2D eigenvalue weighted by atomic mass is 10.1. The molecule has 11 heteroatoms. The summed E-state index contributed by atoms with van der Waals surface area (Å²) in [6.07, 6.45) is -2.82. The highest BCUT2D eigenvalue weighted by Gasteiger charge is 2.32. The van der Waals surface area contributed by atoms with Crippen molar-refractivity contribution >= 4 is 26.8 Å². The van der Waals surface area contributed by atoms with E-state index in [9.17, 15) is 26.9 Å². The van der Waals surface area contributed by atoms with Crippen molar-refractivity contribution in [2.75, 3.05) is 4.72 Å². The van der Waals surface area contributed by atoms with Crippen LogP contribution >= 0.6 is 0 Å². The Labute approximate surface area is 195 Å². The Kier molecular flexibility index (Phi) is 6.22. The second-order valence-electron chi connectivity index (χ2n) is 8.57. The summed E-state index contributed by atoms with van der Waals surface area (Å²) < 4.78 is 73.4. The van der Waals surface area contributed by atoms with Gasteiger partial charge in [0.15, 0.2) is 0 Å². The van der Waals surface area contributed by atoms with Crippen LogP contribution in [0.2, 0.25) is 0 Å². The van der Waals surface area contributed by atoms with Crippen LogP contribution in [0.5, 0.6) is 5.75 Å². The van der Waals surface area contributed by atoms with Gasteiger partial charge in [0.2, 0.25) is 0 Å². The number of alkyl halides is 3. The number of ether oxygens (including phenoxy) is 1. The summed E-state index contributed by atoms with van der Waals surface area (Å²) in [7, 11) is -3.74. The predicted molar refractivity (Wildman–Crippen MR) is 122 cm³/mol. The minimum atomic E-state index is -4.82. The van der Waals surface area contributed by atoms with Crippen LogP contribution in [0.1, 0.15) is 32.3 Å². The summed E-state index contributed by atoms with van der Waals surface area (Å²) in [6, 6.07) is 12.4. The first-order valence-electron chi connectivity index (χ1n) is 10.7. The fourth-order valence-corrected chi connectivity index (χ4v) is 5.00. The first-order chi connectivity index (χ1) is 16.0. The molecule has 0 saturated heterocycles. The molecule has 180 valence electrons. The Morgan fingerprint density at radius 3 is 2.41 bits per heavy atom. The lowest BCUT2D eigenvalue weighted by Gasteiger charge is -2.14. The lowest BCUT2D eigenvalue weighted by Crippen LogP contribution is -2.35. The highest BCUT2D eigenvalue weighted by Crippen LogP contribution is 2.40. The van der Waals surface area contributed by atoms with E-state index in [-0.39, 0.29) is 11.8 Å². The summed E-state index contributed by atoms with van der Waals surface area (Å²) >= 11 is 0. The molecular formula is C23H23F3N4O3S. The SMILES string of the molecule is CC(C)NS(=O)(=O)Nc1ccc(-c2c(C#N)c3ccc(OC(F)(F)F)cc3n2CC2CC2)cc1. The monoisotopic (exact) mass is 492 g/mol. The van der Waals surface area contributed by atoms with E-state index in [0.29, 0.717) is 45.9 Å². The Morgan fingerprint density at radius 2 is 1.85 bits per heavy atom. The van der Waals surface area contributed by atoms with Crippen molar-refractivity contribution in [1.29, 1.82) is 5.26 Å². The maximum Gasteiger partial charge on any atom is 0.573 e. The van der Waals surface area contributed by atoms with E-state index in [0.717, 1.165) is 12.8 Å². The number of aromatic nitrogens is 1. The van der Waals surface area contributed by atoms with Gasteiger partial charge in [0.1, 0.15) is 11.8 Å². The molecule has 4 rings (SSSR count). The van der Waals surface area contributed by atoms with E-state index >= 15 is 0 Å². The van der Waals surface area contributed by atoms with Crippen LogP contribution in [0.3, 0.4) is 0 Å². The number of nitrogens with zero attached hydrogens (tertiary/aromatic N) is 2. The summed E-state index contributed by atoms with van der Waals surface area (Å²) in [4.78, 5) is 0. The molecule has 0 atom stereocenters. The Hall–Kier alpha value is -3.23. The van der Waals surface area contributed by atoms with Crippen molar-refractivity contribution in [3.63, 3.8) is 0 Å². The van der Waals surface area contributed by atoms with E-state index in [1.165, 1.54) is 18.2 Å². The molecule has 1 aliphatic carbocycles. The largest absolute Gasteiger partial charge is 0.573 e. The number of hydrogen-bond donors (Lipinski definition) is 2. The van der Waals surface area contributed by atoms with E-state index < -0.39 is 16.6 Å². The fraction of sp³-hybridized carbons (Fsp3) is 0.348. The van der Waals surface area contributed by atoms with Crippen LogP contribution < -0.4 is 14.2 Å². The summed E-state index contributed by atoms with van der Waals surface area (Å²) in [5.74, 6) is 0.0225. The molecule has 2 N–H and O–H groups in total. The van der Waals surface area contributed by atoms with E-state index in [1.807, 2.05) is 4.57 Å². The molecule has 0 spiro atoms. The first kappa shape index (κ1) is 23.9. The third-order valence-electron chi connectivity index (χ3n) is 5.32. The van der Waals surface area contributed by atoms with Crippen LogP contribution in [0.15, 0.2) is 42.5 Å². The van der Waals surface area contributed by atoms with Gasteiger partial charge in [-0.25, -0.2) is 0 Å². The average Bonchev–Trinajstić information content (AvgIpc) is 3.48. The Bertz CT molecular complexity index is 1350. The van der Waals surface area contributed by atoms with Gasteiger partial charge >= 0.3 is 6.36 Å². The molecule has 1 fully saturated rings. The van der Waals surface area contributed by atoms with Crippen LogP contribution in [0, 0.1) is 17.2 Å². The molecule has 1 aromatic heterocycles. The quantitative estimate of drug-likeness (QED) is 0.455. The number of fused-ring (bicyclic) bond motifs is 1. The van der Waals surface area contributed by atoms with Crippen LogP contribution in [0.4, 0.5) is 18.9 Å². The molecule has 0 aliphatic heterocycles. The summed E-state index contributed by atoms with van der Waals surface area (Å²) in [5.41, 5.74) is 2.37. The second-order valence-corrected chi connectivity index (χ2v) is 10.0. The normalized spacial score (nSPS) is 14.4. The molecule has 0 unspecified atom stereocenters. The van der Waals surface area contributed by atoms with Crippen molar-refractivity contribution in [2.24, 2.45) is 5.92 Å². The van der Waals surface area contributed by atoms with Gasteiger partial charge in [0, 0.05) is 29.7 Å². The van der Waals surface area contributed by atoms with Crippen molar-refractivity contribution in [1.82, 2.24) is 9.29 Å². The number of nitrogens with one attached hydrogen (secondary N) is 2. The van der Waals surface area contributed by atoms with E-state index in [4.69, 9.17) is 0 Å². The average molecular weight is 493 g/mol. The maximum absolute atomic E-state index is 12.8. The number of nitriles is 1. The standard InChI is InChI=1S/C23H23F3N4O3S/c1-14(2)28-34(31,32)29-17-7-5-16(6-8-17)22-20(12-27)19-10-9-18(33-23(24,25)26)11-21(19)30(22)13-15-3-4-15/h5-11,14-15,28-29H,3-4,13H2,1-2H3. The van der Waals surface area contributed by atoms with Gasteiger partial charge in [-0.3, -0.25) is 4.72 Å². The Balaban J connectivity index is 1.77. The molecule has 1 aliphatic rings. The molecule has 34 heavy (non-hydrogen) atoms. The fourth-order valence-electron chi connectivity index (χ4n) is 3.88. The predicted octanol–water partition coefficient (Wildman–Crippen LogP) is 5.14. The van der Waals surface area contributed by atoms with Crippen LogP contribution in [-0.2, 0) is 16.8 Å². The highest BCUT2D eigenvalue weighted by molar-refractivity contribution is 7.90. The molecular weight excluding hydrogens is 469 g/mol. The van der Waals surface area contributed by atoms with Crippen molar-refractivity contribution < 1.29 is 26.3 Å². The lowest BCUT2D eigenvalue weighted by molar-refractivity contribution is -0.274. The minimum Gasteiger partial charge on any atom is -0.406 e. The van der Waals surface area contributed by atoms with E-state index in [1.54, 1.807) is 38.1 Å². The Morgan fingerprint density at radius 1 is 1.18 bits per heavy atom. The molecule has 0 amide bonds. The number of anilines is 1. The zero-order valence-corrected chi connectivity index (χ0v) is 19.3. The zero-order valence-electron chi connectivity index (χ0n) is 18.5. The number of hydrogen-bond acceptors (Lipinski definition) is 4. The molecule has 7 nitrogen and oxygen atoms in total. The van der Waals surface area contributed by atoms with E-state index in [2.05, 4.69) is 20.3 Å². The van der Waals surface area contributed by atoms with Crippen LogP contribution in [0.25, 0.3) is 22.2 Å². The van der Waals surface area contributed by atoms with Crippen LogP contribution in [-0.4, -0.2) is 25.4 Å². The van der Waals surface area contributed by atoms with Gasteiger partial charge in [-0.15, -0.1) is 13.2 Å². The van der Waals surface area contributed by atoms with Gasteiger partial charge in [-0.1, -0.05) is 12.1 Å². The molecule has 1 heterocycles. The van der Waals surface area contributed by atoms with Gasteiger partial charge < -0.3 is 9.30 Å². The summed E-state index contributed by atoms with van der Waals surface area (Å²) in [6.45, 7) is 3.96. The first-order valence-corrected chi connectivity index (χ1v) is 12.2. The third-order valence-corrected chi connectivity index (χ3v) is 6.61. The minimum absolute atomic E-state index is 0.278. The van der Waals surface area contributed by atoms with Gasteiger partial charge in [0.25, 0.3) is 10.2 Å². The van der Waals surface area contributed by atoms with Gasteiger partial charge in [-0.05, 0) is 62.4 Å². The highest BCUT2D eigenvalue weighted by atomic mass is 32.2. The van der Waals surface area contributed by atoms with Crippen molar-refractivity contribution in [3.8, 4) is 23.1 Å². The van der Waals surface area contributed by atoms with Gasteiger partial charge in [-0.2, -0.15) is 18.4 Å². The zero-order chi connectivity index (χ0) is 24.7. The third kappa shape index (κ3) is 5.46. The molecule has 0 radical (unpaired) electrons.